The third-order valence-electron chi connectivity index (χ3n) is 3.01. The molecule has 0 unspecified atom stereocenters. The van der Waals surface area contributed by atoms with Crippen LogP contribution < -0.4 is 5.32 Å². The highest BCUT2D eigenvalue weighted by molar-refractivity contribution is 5.93. The number of urea groups is 1. The second kappa shape index (κ2) is 5.64. The Bertz CT molecular complexity index is 648. The molecule has 6 heteroatoms. The molecule has 0 fully saturated rings. The first kappa shape index (κ1) is 13.9. The van der Waals surface area contributed by atoms with Gasteiger partial charge in [-0.05, 0) is 31.2 Å². The number of benzene rings is 1. The van der Waals surface area contributed by atoms with Gasteiger partial charge in [0, 0.05) is 35.9 Å². The van der Waals surface area contributed by atoms with Gasteiger partial charge in [0.2, 0.25) is 0 Å². The fourth-order valence-electron chi connectivity index (χ4n) is 1.94. The van der Waals surface area contributed by atoms with Gasteiger partial charge in [-0.1, -0.05) is 0 Å². The number of aryl methyl sites for hydroxylation is 1. The Balaban J connectivity index is 2.03. The van der Waals surface area contributed by atoms with Gasteiger partial charge in [0.05, 0.1) is 6.42 Å². The summed E-state index contributed by atoms with van der Waals surface area (Å²) in [4.78, 5) is 26.9. The Morgan fingerprint density at radius 2 is 2.10 bits per heavy atom. The number of carbonyl (C=O) groups is 2. The summed E-state index contributed by atoms with van der Waals surface area (Å²) in [6, 6.07) is 7.26. The minimum atomic E-state index is -0.922. The van der Waals surface area contributed by atoms with E-state index in [-0.39, 0.29) is 19.0 Å². The molecule has 0 bridgehead atoms. The number of fused-ring (bicyclic) bond motifs is 1. The largest absolute Gasteiger partial charge is 0.481 e. The molecule has 2 rings (SSSR count). The van der Waals surface area contributed by atoms with E-state index in [2.05, 4.69) is 10.3 Å². The van der Waals surface area contributed by atoms with Gasteiger partial charge in [0.15, 0.2) is 0 Å². The van der Waals surface area contributed by atoms with E-state index in [9.17, 15) is 9.59 Å². The molecule has 0 spiro atoms. The molecule has 0 saturated carbocycles. The van der Waals surface area contributed by atoms with Crippen molar-refractivity contribution in [1.82, 2.24) is 9.88 Å². The number of aromatic amines is 1. The van der Waals surface area contributed by atoms with Gasteiger partial charge < -0.3 is 20.3 Å². The normalized spacial score (nSPS) is 10.5. The fourth-order valence-corrected chi connectivity index (χ4v) is 1.94. The van der Waals surface area contributed by atoms with Gasteiger partial charge in [-0.3, -0.25) is 4.79 Å². The molecule has 3 N–H and O–H groups in total. The molecular weight excluding hydrogens is 258 g/mol. The van der Waals surface area contributed by atoms with E-state index in [1.54, 1.807) is 13.1 Å². The number of hydrogen-bond donors (Lipinski definition) is 3. The standard InChI is InChI=1S/C14H17N3O3/c1-9-7-10-8-11(3-4-12(10)15-9)16-14(20)17(2)6-5-13(18)19/h3-4,7-8,15H,5-6H2,1-2H3,(H,16,20)(H,18,19). The van der Waals surface area contributed by atoms with Crippen molar-refractivity contribution in [3.05, 3.63) is 30.0 Å². The van der Waals surface area contributed by atoms with Crippen LogP contribution in [0.2, 0.25) is 0 Å². The number of nitrogens with one attached hydrogen (secondary N) is 2. The molecule has 0 aliphatic rings. The Kier molecular flexibility index (Phi) is 3.93. The number of aromatic nitrogens is 1. The second-order valence-corrected chi connectivity index (χ2v) is 4.75. The number of aliphatic carboxylic acids is 1. The maximum Gasteiger partial charge on any atom is 0.321 e. The zero-order valence-corrected chi connectivity index (χ0v) is 11.4. The molecule has 0 radical (unpaired) electrons. The van der Waals surface area contributed by atoms with Gasteiger partial charge in [-0.15, -0.1) is 0 Å². The van der Waals surface area contributed by atoms with Crippen LogP contribution in [-0.4, -0.2) is 40.6 Å². The van der Waals surface area contributed by atoms with Crippen LogP contribution in [-0.2, 0) is 4.79 Å². The van der Waals surface area contributed by atoms with Gasteiger partial charge >= 0.3 is 12.0 Å². The first-order chi connectivity index (χ1) is 9.45. The molecule has 2 amide bonds. The Morgan fingerprint density at radius 1 is 1.35 bits per heavy atom. The minimum absolute atomic E-state index is 0.0695. The lowest BCUT2D eigenvalue weighted by Gasteiger charge is -2.16. The summed E-state index contributed by atoms with van der Waals surface area (Å²) in [5, 5.41) is 12.4. The number of carboxylic acids is 1. The van der Waals surface area contributed by atoms with Crippen molar-refractivity contribution in [3.8, 4) is 0 Å². The smallest absolute Gasteiger partial charge is 0.321 e. The molecule has 20 heavy (non-hydrogen) atoms. The highest BCUT2D eigenvalue weighted by Gasteiger charge is 2.10. The summed E-state index contributed by atoms with van der Waals surface area (Å²) >= 11 is 0. The lowest BCUT2D eigenvalue weighted by molar-refractivity contribution is -0.137. The van der Waals surface area contributed by atoms with Crippen molar-refractivity contribution in [2.75, 3.05) is 18.9 Å². The molecule has 1 aromatic heterocycles. The Morgan fingerprint density at radius 3 is 2.80 bits per heavy atom. The van der Waals surface area contributed by atoms with E-state index in [0.717, 1.165) is 16.6 Å². The summed E-state index contributed by atoms with van der Waals surface area (Å²) in [7, 11) is 1.57. The first-order valence-corrected chi connectivity index (χ1v) is 6.29. The molecule has 2 aromatic rings. The van der Waals surface area contributed by atoms with Crippen molar-refractivity contribution < 1.29 is 14.7 Å². The summed E-state index contributed by atoms with van der Waals surface area (Å²) in [6.45, 7) is 2.14. The van der Waals surface area contributed by atoms with Crippen molar-refractivity contribution in [2.24, 2.45) is 0 Å². The number of rotatable bonds is 4. The quantitative estimate of drug-likeness (QED) is 0.801. The van der Waals surface area contributed by atoms with Crippen LogP contribution in [0.25, 0.3) is 10.9 Å². The average molecular weight is 275 g/mol. The molecule has 0 aliphatic carbocycles. The molecule has 1 aromatic carbocycles. The maximum atomic E-state index is 11.9. The van der Waals surface area contributed by atoms with Crippen molar-refractivity contribution >= 4 is 28.6 Å². The molecule has 0 aliphatic heterocycles. The van der Waals surface area contributed by atoms with Crippen LogP contribution in [0.5, 0.6) is 0 Å². The number of anilines is 1. The van der Waals surface area contributed by atoms with E-state index < -0.39 is 5.97 Å². The number of carboxylic acid groups (broad SMARTS) is 1. The van der Waals surface area contributed by atoms with E-state index in [1.807, 2.05) is 25.1 Å². The minimum Gasteiger partial charge on any atom is -0.481 e. The molecule has 0 saturated heterocycles. The summed E-state index contributed by atoms with van der Waals surface area (Å²) in [6.07, 6.45) is -0.0695. The van der Waals surface area contributed by atoms with Gasteiger partial charge in [-0.2, -0.15) is 0 Å². The third-order valence-corrected chi connectivity index (χ3v) is 3.01. The monoisotopic (exact) mass is 275 g/mol. The van der Waals surface area contributed by atoms with Crippen LogP contribution >= 0.6 is 0 Å². The van der Waals surface area contributed by atoms with E-state index in [0.29, 0.717) is 5.69 Å². The Labute approximate surface area is 116 Å². The molecular formula is C14H17N3O3. The van der Waals surface area contributed by atoms with Crippen LogP contribution in [0.1, 0.15) is 12.1 Å². The fraction of sp³-hybridized carbons (Fsp3) is 0.286. The summed E-state index contributed by atoms with van der Waals surface area (Å²) < 4.78 is 0. The molecule has 6 nitrogen and oxygen atoms in total. The molecule has 0 atom stereocenters. The van der Waals surface area contributed by atoms with Gasteiger partial charge in [0.1, 0.15) is 0 Å². The van der Waals surface area contributed by atoms with Gasteiger partial charge in [0.25, 0.3) is 0 Å². The zero-order valence-electron chi connectivity index (χ0n) is 11.4. The topological polar surface area (TPSA) is 85.4 Å². The SMILES string of the molecule is Cc1cc2cc(NC(=O)N(C)CCC(=O)O)ccc2[nH]1. The summed E-state index contributed by atoms with van der Waals surface area (Å²) in [5.41, 5.74) is 2.76. The number of hydrogen-bond acceptors (Lipinski definition) is 2. The highest BCUT2D eigenvalue weighted by atomic mass is 16.4. The predicted molar refractivity (Wildman–Crippen MR) is 76.9 cm³/mol. The highest BCUT2D eigenvalue weighted by Crippen LogP contribution is 2.20. The van der Waals surface area contributed by atoms with E-state index in [1.165, 1.54) is 4.90 Å². The van der Waals surface area contributed by atoms with E-state index in [4.69, 9.17) is 5.11 Å². The van der Waals surface area contributed by atoms with E-state index >= 15 is 0 Å². The number of nitrogens with zero attached hydrogens (tertiary/aromatic N) is 1. The van der Waals surface area contributed by atoms with Crippen LogP contribution in [0.15, 0.2) is 24.3 Å². The van der Waals surface area contributed by atoms with Crippen LogP contribution in [0.3, 0.4) is 0 Å². The number of carbonyl (C=O) groups excluding carboxylic acids is 1. The summed E-state index contributed by atoms with van der Waals surface area (Å²) in [5.74, 6) is -0.922. The lowest BCUT2D eigenvalue weighted by atomic mass is 10.2. The third kappa shape index (κ3) is 3.28. The maximum absolute atomic E-state index is 11.9. The number of amides is 2. The zero-order chi connectivity index (χ0) is 14.7. The average Bonchev–Trinajstić information content (AvgIpc) is 2.75. The second-order valence-electron chi connectivity index (χ2n) is 4.75. The van der Waals surface area contributed by atoms with Crippen molar-refractivity contribution in [2.45, 2.75) is 13.3 Å². The van der Waals surface area contributed by atoms with Crippen LogP contribution in [0, 0.1) is 6.92 Å². The molecule has 1 heterocycles. The molecule has 106 valence electrons. The lowest BCUT2D eigenvalue weighted by Crippen LogP contribution is -2.33. The number of H-pyrrole nitrogens is 1. The van der Waals surface area contributed by atoms with Crippen LogP contribution in [0.4, 0.5) is 10.5 Å². The Hall–Kier alpha value is -2.50. The van der Waals surface area contributed by atoms with Gasteiger partial charge in [-0.25, -0.2) is 4.79 Å². The first-order valence-electron chi connectivity index (χ1n) is 6.29. The predicted octanol–water partition coefficient (Wildman–Crippen LogP) is 2.41. The van der Waals surface area contributed by atoms with Crippen molar-refractivity contribution in [1.29, 1.82) is 0 Å². The van der Waals surface area contributed by atoms with Crippen molar-refractivity contribution in [3.63, 3.8) is 0 Å².